The molecule has 1 atom stereocenters. The molecule has 0 heterocycles. The zero-order valence-electron chi connectivity index (χ0n) is 15.0. The van der Waals surface area contributed by atoms with Gasteiger partial charge in [-0.2, -0.15) is 0 Å². The predicted octanol–water partition coefficient (Wildman–Crippen LogP) is 2.65. The second-order valence-electron chi connectivity index (χ2n) is 5.64. The molecule has 1 unspecified atom stereocenters. The Kier molecular flexibility index (Phi) is 6.84. The van der Waals surface area contributed by atoms with Crippen LogP contribution in [0.25, 0.3) is 0 Å². The third-order valence-electron chi connectivity index (χ3n) is 3.88. The molecule has 8 heteroatoms. The van der Waals surface area contributed by atoms with Gasteiger partial charge in [0, 0.05) is 18.7 Å². The lowest BCUT2D eigenvalue weighted by Crippen LogP contribution is -2.31. The minimum Gasteiger partial charge on any atom is -0.494 e. The highest BCUT2D eigenvalue weighted by Gasteiger charge is 2.29. The summed E-state index contributed by atoms with van der Waals surface area (Å²) in [4.78, 5) is 12.5. The molecule has 0 saturated carbocycles. The summed E-state index contributed by atoms with van der Waals surface area (Å²) in [6, 6.07) is 8.85. The summed E-state index contributed by atoms with van der Waals surface area (Å²) in [5, 5.41) is 9.96. The Balaban J connectivity index is 2.19. The van der Waals surface area contributed by atoms with E-state index >= 15 is 0 Å². The van der Waals surface area contributed by atoms with Crippen LogP contribution in [0.5, 0.6) is 5.75 Å². The van der Waals surface area contributed by atoms with E-state index in [9.17, 15) is 13.6 Å². The van der Waals surface area contributed by atoms with Crippen LogP contribution in [0.4, 0.5) is 8.78 Å². The number of hydrogen-bond acceptors (Lipinski definition) is 4. The number of hydrogen-bond donors (Lipinski definition) is 3. The van der Waals surface area contributed by atoms with Crippen LogP contribution in [0.1, 0.15) is 29.7 Å². The van der Waals surface area contributed by atoms with Gasteiger partial charge in [0.1, 0.15) is 11.7 Å². The van der Waals surface area contributed by atoms with Crippen LogP contribution >= 0.6 is 0 Å². The Morgan fingerprint density at radius 3 is 2.44 bits per heavy atom. The van der Waals surface area contributed by atoms with Crippen molar-refractivity contribution in [1.29, 1.82) is 5.41 Å². The smallest absolute Gasteiger partial charge is 0.254 e. The van der Waals surface area contributed by atoms with Crippen LogP contribution in [-0.2, 0) is 16.1 Å². The normalized spacial score (nSPS) is 11.7. The van der Waals surface area contributed by atoms with Gasteiger partial charge in [-0.3, -0.25) is 10.2 Å². The molecule has 0 aliphatic heterocycles. The largest absolute Gasteiger partial charge is 0.494 e. The van der Waals surface area contributed by atoms with Crippen molar-refractivity contribution in [3.63, 3.8) is 0 Å². The van der Waals surface area contributed by atoms with Crippen molar-refractivity contribution >= 4 is 11.7 Å². The highest BCUT2D eigenvalue weighted by Crippen LogP contribution is 2.30. The first kappa shape index (κ1) is 20.3. The number of benzene rings is 2. The predicted molar refractivity (Wildman–Crippen MR) is 96.6 cm³/mol. The Bertz CT molecular complexity index is 826. The van der Waals surface area contributed by atoms with Gasteiger partial charge in [0.15, 0.2) is 17.7 Å². The van der Waals surface area contributed by atoms with Gasteiger partial charge in [0.2, 0.25) is 0 Å². The summed E-state index contributed by atoms with van der Waals surface area (Å²) in [5.41, 5.74) is 6.18. The fraction of sp³-hybridized carbons (Fsp3) is 0.263. The maximum Gasteiger partial charge on any atom is 0.254 e. The third kappa shape index (κ3) is 4.79. The number of carbonyl (C=O) groups is 1. The van der Waals surface area contributed by atoms with E-state index in [1.165, 1.54) is 7.11 Å². The molecule has 0 spiro atoms. The highest BCUT2D eigenvalue weighted by atomic mass is 19.1. The number of ether oxygens (including phenoxy) is 2. The summed E-state index contributed by atoms with van der Waals surface area (Å²) in [7, 11) is 1.25. The molecular formula is C19H21F2N3O3. The first-order valence-electron chi connectivity index (χ1n) is 8.23. The van der Waals surface area contributed by atoms with E-state index < -0.39 is 29.2 Å². The van der Waals surface area contributed by atoms with E-state index in [4.69, 9.17) is 20.6 Å². The minimum atomic E-state index is -1.46. The Hall–Kier alpha value is -3.00. The molecule has 6 nitrogen and oxygen atoms in total. The lowest BCUT2D eigenvalue weighted by atomic mass is 10.1. The van der Waals surface area contributed by atoms with E-state index in [1.54, 1.807) is 31.2 Å². The molecule has 0 bridgehead atoms. The number of halogens is 2. The molecule has 0 radical (unpaired) electrons. The first-order chi connectivity index (χ1) is 12.9. The number of carbonyl (C=O) groups excluding carboxylic acids is 1. The zero-order chi connectivity index (χ0) is 20.0. The summed E-state index contributed by atoms with van der Waals surface area (Å²) in [6.45, 7) is 1.83. The lowest BCUT2D eigenvalue weighted by molar-refractivity contribution is -0.133. The number of nitrogen functional groups attached to an aromatic ring is 1. The van der Waals surface area contributed by atoms with Gasteiger partial charge in [-0.05, 0) is 24.6 Å². The SMILES string of the molecule is CCOC(C(=O)NCc1ccc(C(=N)N)cc1)c1c(F)ccc(OC)c1F. The molecule has 2 aromatic rings. The summed E-state index contributed by atoms with van der Waals surface area (Å²) in [5.74, 6) is -2.79. The highest BCUT2D eigenvalue weighted by molar-refractivity contribution is 5.94. The van der Waals surface area contributed by atoms with Gasteiger partial charge in [0.05, 0.1) is 12.7 Å². The lowest BCUT2D eigenvalue weighted by Gasteiger charge is -2.19. The van der Waals surface area contributed by atoms with E-state index in [0.29, 0.717) is 5.56 Å². The molecule has 0 aromatic heterocycles. The molecule has 0 saturated heterocycles. The van der Waals surface area contributed by atoms with Crippen LogP contribution in [0.15, 0.2) is 36.4 Å². The Morgan fingerprint density at radius 2 is 1.89 bits per heavy atom. The fourth-order valence-corrected chi connectivity index (χ4v) is 2.49. The molecule has 1 amide bonds. The maximum absolute atomic E-state index is 14.5. The second-order valence-corrected chi connectivity index (χ2v) is 5.64. The van der Waals surface area contributed by atoms with Crippen molar-refractivity contribution in [3.05, 3.63) is 64.7 Å². The Morgan fingerprint density at radius 1 is 1.22 bits per heavy atom. The average Bonchev–Trinajstić information content (AvgIpc) is 2.66. The van der Waals surface area contributed by atoms with Crippen LogP contribution in [-0.4, -0.2) is 25.5 Å². The number of amides is 1. The molecular weight excluding hydrogens is 356 g/mol. The van der Waals surface area contributed by atoms with Crippen molar-refractivity contribution in [2.45, 2.75) is 19.6 Å². The van der Waals surface area contributed by atoms with Gasteiger partial charge < -0.3 is 20.5 Å². The molecule has 144 valence electrons. The average molecular weight is 377 g/mol. The van der Waals surface area contributed by atoms with Crippen LogP contribution in [0.3, 0.4) is 0 Å². The standard InChI is InChI=1S/C19H21F2N3O3/c1-3-27-17(15-13(20)8-9-14(26-2)16(15)21)19(25)24-10-11-4-6-12(7-5-11)18(22)23/h4-9,17H,3,10H2,1-2H3,(H3,22,23)(H,24,25). The second kappa shape index (κ2) is 9.09. The monoisotopic (exact) mass is 377 g/mol. The number of rotatable bonds is 8. The molecule has 4 N–H and O–H groups in total. The van der Waals surface area contributed by atoms with E-state index in [-0.39, 0.29) is 24.7 Å². The quantitative estimate of drug-likeness (QED) is 0.487. The van der Waals surface area contributed by atoms with Crippen molar-refractivity contribution in [2.24, 2.45) is 5.73 Å². The van der Waals surface area contributed by atoms with Crippen molar-refractivity contribution < 1.29 is 23.0 Å². The van der Waals surface area contributed by atoms with Gasteiger partial charge >= 0.3 is 0 Å². The molecule has 2 rings (SSSR count). The number of nitrogens with one attached hydrogen (secondary N) is 2. The zero-order valence-corrected chi connectivity index (χ0v) is 15.0. The molecule has 0 aliphatic carbocycles. The molecule has 0 fully saturated rings. The number of methoxy groups -OCH3 is 1. The van der Waals surface area contributed by atoms with Gasteiger partial charge in [-0.15, -0.1) is 0 Å². The molecule has 0 aliphatic rings. The van der Waals surface area contributed by atoms with Crippen molar-refractivity contribution in [3.8, 4) is 5.75 Å². The summed E-state index contributed by atoms with van der Waals surface area (Å²) < 4.78 is 38.8. The number of amidine groups is 1. The van der Waals surface area contributed by atoms with Crippen molar-refractivity contribution in [1.82, 2.24) is 5.32 Å². The van der Waals surface area contributed by atoms with Crippen LogP contribution in [0, 0.1) is 17.0 Å². The van der Waals surface area contributed by atoms with Gasteiger partial charge in [0.25, 0.3) is 5.91 Å². The number of nitrogens with two attached hydrogens (primary N) is 1. The Labute approximate surface area is 155 Å². The maximum atomic E-state index is 14.5. The minimum absolute atomic E-state index is 0.0639. The van der Waals surface area contributed by atoms with Crippen molar-refractivity contribution in [2.75, 3.05) is 13.7 Å². The first-order valence-corrected chi connectivity index (χ1v) is 8.23. The molecule has 2 aromatic carbocycles. The summed E-state index contributed by atoms with van der Waals surface area (Å²) in [6.07, 6.45) is -1.46. The summed E-state index contributed by atoms with van der Waals surface area (Å²) >= 11 is 0. The fourth-order valence-electron chi connectivity index (χ4n) is 2.49. The van der Waals surface area contributed by atoms with E-state index in [1.807, 2.05) is 0 Å². The van der Waals surface area contributed by atoms with Gasteiger partial charge in [-0.1, -0.05) is 24.3 Å². The molecule has 27 heavy (non-hydrogen) atoms. The topological polar surface area (TPSA) is 97.4 Å². The van der Waals surface area contributed by atoms with Crippen LogP contribution in [0.2, 0.25) is 0 Å². The van der Waals surface area contributed by atoms with E-state index in [2.05, 4.69) is 5.32 Å². The third-order valence-corrected chi connectivity index (χ3v) is 3.88. The van der Waals surface area contributed by atoms with E-state index in [0.717, 1.165) is 17.7 Å². The van der Waals surface area contributed by atoms with Gasteiger partial charge in [-0.25, -0.2) is 8.78 Å². The van der Waals surface area contributed by atoms with Crippen LogP contribution < -0.4 is 15.8 Å².